The number of amides is 1. The smallest absolute Gasteiger partial charge is 0.227 e. The van der Waals surface area contributed by atoms with Crippen LogP contribution in [0.25, 0.3) is 0 Å². The van der Waals surface area contributed by atoms with Gasteiger partial charge in [0.25, 0.3) is 0 Å². The second-order valence-corrected chi connectivity index (χ2v) is 5.18. The van der Waals surface area contributed by atoms with Gasteiger partial charge in [-0.05, 0) is 39.0 Å². The summed E-state index contributed by atoms with van der Waals surface area (Å²) in [6, 6.07) is 0.378. The number of carbonyl (C=O) groups excluding carboxylic acids is 1. The Kier molecular flexibility index (Phi) is 3.53. The van der Waals surface area contributed by atoms with E-state index in [9.17, 15) is 4.79 Å². The molecule has 14 heavy (non-hydrogen) atoms. The van der Waals surface area contributed by atoms with Crippen molar-refractivity contribution >= 4 is 5.91 Å². The average Bonchev–Trinajstić information content (AvgIpc) is 2.51. The highest BCUT2D eigenvalue weighted by Gasteiger charge is 2.30. The highest BCUT2D eigenvalue weighted by Crippen LogP contribution is 2.25. The zero-order valence-electron chi connectivity index (χ0n) is 9.47. The van der Waals surface area contributed by atoms with Crippen LogP contribution in [0, 0.1) is 11.3 Å². The minimum atomic E-state index is -0.425. The third-order valence-electron chi connectivity index (χ3n) is 3.16. The van der Waals surface area contributed by atoms with E-state index in [0.29, 0.717) is 12.6 Å². The molecule has 1 fully saturated rings. The predicted octanol–water partition coefficient (Wildman–Crippen LogP) is 1.28. The standard InChI is InChI=1S/C11H22N2O/c1-8-4-5-9(6-8)13-10(14)11(2,3)7-12/h8-9H,4-7,12H2,1-3H3,(H,13,14). The second kappa shape index (κ2) is 4.30. The maximum Gasteiger partial charge on any atom is 0.227 e. The van der Waals surface area contributed by atoms with Crippen LogP contribution in [0.2, 0.25) is 0 Å². The Labute approximate surface area is 86.4 Å². The van der Waals surface area contributed by atoms with Crippen molar-refractivity contribution < 1.29 is 4.79 Å². The molecule has 0 saturated heterocycles. The highest BCUT2D eigenvalue weighted by atomic mass is 16.2. The molecule has 3 nitrogen and oxygen atoms in total. The molecule has 0 heterocycles. The van der Waals surface area contributed by atoms with Gasteiger partial charge in [-0.2, -0.15) is 0 Å². The zero-order chi connectivity index (χ0) is 10.8. The number of carbonyl (C=O) groups is 1. The van der Waals surface area contributed by atoms with Gasteiger partial charge in [0, 0.05) is 12.6 Å². The van der Waals surface area contributed by atoms with E-state index in [1.807, 2.05) is 13.8 Å². The van der Waals surface area contributed by atoms with Crippen LogP contribution in [-0.4, -0.2) is 18.5 Å². The predicted molar refractivity (Wildman–Crippen MR) is 57.8 cm³/mol. The molecule has 1 saturated carbocycles. The summed E-state index contributed by atoms with van der Waals surface area (Å²) >= 11 is 0. The summed E-state index contributed by atoms with van der Waals surface area (Å²) < 4.78 is 0. The molecule has 0 aromatic heterocycles. The average molecular weight is 198 g/mol. The van der Waals surface area contributed by atoms with E-state index < -0.39 is 5.41 Å². The second-order valence-electron chi connectivity index (χ2n) is 5.18. The monoisotopic (exact) mass is 198 g/mol. The first-order valence-corrected chi connectivity index (χ1v) is 5.46. The van der Waals surface area contributed by atoms with Gasteiger partial charge in [-0.15, -0.1) is 0 Å². The van der Waals surface area contributed by atoms with Crippen molar-refractivity contribution in [3.8, 4) is 0 Å². The van der Waals surface area contributed by atoms with Gasteiger partial charge in [-0.25, -0.2) is 0 Å². The lowest BCUT2D eigenvalue weighted by Gasteiger charge is -2.24. The summed E-state index contributed by atoms with van der Waals surface area (Å²) in [5, 5.41) is 3.08. The lowest BCUT2D eigenvalue weighted by atomic mass is 9.92. The van der Waals surface area contributed by atoms with E-state index in [4.69, 9.17) is 5.73 Å². The molecule has 0 aromatic carbocycles. The van der Waals surface area contributed by atoms with Crippen molar-refractivity contribution in [1.29, 1.82) is 0 Å². The number of hydrogen-bond acceptors (Lipinski definition) is 2. The van der Waals surface area contributed by atoms with Gasteiger partial charge in [-0.3, -0.25) is 4.79 Å². The van der Waals surface area contributed by atoms with E-state index in [2.05, 4.69) is 12.2 Å². The third-order valence-corrected chi connectivity index (χ3v) is 3.16. The number of nitrogens with one attached hydrogen (secondary N) is 1. The highest BCUT2D eigenvalue weighted by molar-refractivity contribution is 5.82. The van der Waals surface area contributed by atoms with Gasteiger partial charge in [0.1, 0.15) is 0 Å². The largest absolute Gasteiger partial charge is 0.353 e. The number of rotatable bonds is 3. The van der Waals surface area contributed by atoms with E-state index >= 15 is 0 Å². The Morgan fingerprint density at radius 1 is 1.50 bits per heavy atom. The SMILES string of the molecule is CC1CCC(NC(=O)C(C)(C)CN)C1. The van der Waals surface area contributed by atoms with Crippen molar-refractivity contribution in [1.82, 2.24) is 5.32 Å². The summed E-state index contributed by atoms with van der Waals surface area (Å²) in [6.07, 6.45) is 3.47. The van der Waals surface area contributed by atoms with E-state index in [-0.39, 0.29) is 5.91 Å². The van der Waals surface area contributed by atoms with Crippen LogP contribution in [0.4, 0.5) is 0 Å². The molecule has 0 aromatic rings. The lowest BCUT2D eigenvalue weighted by molar-refractivity contribution is -0.129. The fourth-order valence-electron chi connectivity index (χ4n) is 1.81. The first-order chi connectivity index (χ1) is 6.45. The van der Waals surface area contributed by atoms with Gasteiger partial charge in [-0.1, -0.05) is 6.92 Å². The quantitative estimate of drug-likeness (QED) is 0.717. The van der Waals surface area contributed by atoms with E-state index in [0.717, 1.165) is 18.8 Å². The molecule has 2 atom stereocenters. The van der Waals surface area contributed by atoms with Gasteiger partial charge >= 0.3 is 0 Å². The molecule has 3 heteroatoms. The molecule has 0 spiro atoms. The molecular formula is C11H22N2O. The van der Waals surface area contributed by atoms with Crippen molar-refractivity contribution in [2.75, 3.05) is 6.54 Å². The zero-order valence-corrected chi connectivity index (χ0v) is 9.47. The summed E-state index contributed by atoms with van der Waals surface area (Å²) in [7, 11) is 0. The first-order valence-electron chi connectivity index (χ1n) is 5.46. The fraction of sp³-hybridized carbons (Fsp3) is 0.909. The molecule has 3 N–H and O–H groups in total. The summed E-state index contributed by atoms with van der Waals surface area (Å²) in [4.78, 5) is 11.8. The van der Waals surface area contributed by atoms with Crippen LogP contribution in [0.1, 0.15) is 40.0 Å². The van der Waals surface area contributed by atoms with Gasteiger partial charge in [0.15, 0.2) is 0 Å². The Hall–Kier alpha value is -0.570. The minimum absolute atomic E-state index is 0.0964. The van der Waals surface area contributed by atoms with Gasteiger partial charge in [0.2, 0.25) is 5.91 Å². The fourth-order valence-corrected chi connectivity index (χ4v) is 1.81. The molecule has 82 valence electrons. The molecule has 0 aliphatic heterocycles. The van der Waals surface area contributed by atoms with E-state index in [1.54, 1.807) is 0 Å². The van der Waals surface area contributed by atoms with Crippen molar-refractivity contribution in [3.63, 3.8) is 0 Å². The van der Waals surface area contributed by atoms with E-state index in [1.165, 1.54) is 6.42 Å². The van der Waals surface area contributed by atoms with Crippen LogP contribution in [0.5, 0.6) is 0 Å². The van der Waals surface area contributed by atoms with Crippen LogP contribution >= 0.6 is 0 Å². The molecule has 0 bridgehead atoms. The molecule has 1 aliphatic rings. The molecular weight excluding hydrogens is 176 g/mol. The maximum atomic E-state index is 11.8. The first kappa shape index (κ1) is 11.5. The Balaban J connectivity index is 2.41. The van der Waals surface area contributed by atoms with Gasteiger partial charge in [0.05, 0.1) is 5.41 Å². The van der Waals surface area contributed by atoms with Crippen molar-refractivity contribution in [2.45, 2.75) is 46.1 Å². The molecule has 1 amide bonds. The molecule has 1 rings (SSSR count). The number of hydrogen-bond donors (Lipinski definition) is 2. The van der Waals surface area contributed by atoms with Gasteiger partial charge < -0.3 is 11.1 Å². The normalized spacial score (nSPS) is 27.7. The minimum Gasteiger partial charge on any atom is -0.353 e. The van der Waals surface area contributed by atoms with Crippen LogP contribution in [-0.2, 0) is 4.79 Å². The summed E-state index contributed by atoms with van der Waals surface area (Å²) in [6.45, 7) is 6.42. The molecule has 1 aliphatic carbocycles. The Morgan fingerprint density at radius 2 is 2.14 bits per heavy atom. The summed E-state index contributed by atoms with van der Waals surface area (Å²) in [5.41, 5.74) is 5.12. The lowest BCUT2D eigenvalue weighted by Crippen LogP contribution is -2.45. The topological polar surface area (TPSA) is 55.1 Å². The van der Waals surface area contributed by atoms with Crippen LogP contribution in [0.15, 0.2) is 0 Å². The Bertz CT molecular complexity index is 213. The van der Waals surface area contributed by atoms with Crippen LogP contribution in [0.3, 0.4) is 0 Å². The molecule has 0 radical (unpaired) electrons. The Morgan fingerprint density at radius 3 is 2.57 bits per heavy atom. The third kappa shape index (κ3) is 2.71. The van der Waals surface area contributed by atoms with Crippen molar-refractivity contribution in [2.24, 2.45) is 17.1 Å². The van der Waals surface area contributed by atoms with Crippen molar-refractivity contribution in [3.05, 3.63) is 0 Å². The molecule has 2 unspecified atom stereocenters. The summed E-state index contributed by atoms with van der Waals surface area (Å²) in [5.74, 6) is 0.848. The van der Waals surface area contributed by atoms with Crippen LogP contribution < -0.4 is 11.1 Å². The number of nitrogens with two attached hydrogens (primary N) is 1. The maximum absolute atomic E-state index is 11.8.